The first kappa shape index (κ1) is 24.8. The monoisotopic (exact) mass is 591 g/mol. The van der Waals surface area contributed by atoms with E-state index in [1.165, 1.54) is 53.1 Å². The van der Waals surface area contributed by atoms with Crippen molar-refractivity contribution in [3.05, 3.63) is 152 Å². The zero-order valence-electron chi connectivity index (χ0n) is 24.2. The SMILES string of the molecule is c1ccc2c(c1)oc1c(-c3ccc(-c4ccc(-n5c6ccccc6c6cc7sc8ccccc8c7cc65)cc4)cc3)cccc12. The third-order valence-electron chi connectivity index (χ3n) is 9.23. The summed E-state index contributed by atoms with van der Waals surface area (Å²) in [5, 5.41) is 7.53. The molecular weight excluding hydrogens is 567 g/mol. The van der Waals surface area contributed by atoms with Crippen molar-refractivity contribution < 1.29 is 4.42 Å². The van der Waals surface area contributed by atoms with Crippen molar-refractivity contribution in [3.8, 4) is 27.9 Å². The van der Waals surface area contributed by atoms with Gasteiger partial charge >= 0.3 is 0 Å². The average molecular weight is 592 g/mol. The maximum absolute atomic E-state index is 6.30. The summed E-state index contributed by atoms with van der Waals surface area (Å²) in [5.41, 5.74) is 10.1. The normalized spacial score (nSPS) is 12.0. The minimum atomic E-state index is 0.924. The van der Waals surface area contributed by atoms with Gasteiger partial charge in [0, 0.05) is 53.0 Å². The molecule has 0 spiro atoms. The highest BCUT2D eigenvalue weighted by molar-refractivity contribution is 7.25. The second-order valence-corrected chi connectivity index (χ2v) is 12.8. The van der Waals surface area contributed by atoms with Crippen molar-refractivity contribution in [1.29, 1.82) is 0 Å². The van der Waals surface area contributed by atoms with Gasteiger partial charge in [-0.3, -0.25) is 0 Å². The van der Waals surface area contributed by atoms with Gasteiger partial charge in [0.2, 0.25) is 0 Å². The molecule has 10 aromatic rings. The highest BCUT2D eigenvalue weighted by Crippen LogP contribution is 2.41. The molecule has 0 radical (unpaired) electrons. The Morgan fingerprint density at radius 1 is 0.422 bits per heavy atom. The minimum absolute atomic E-state index is 0.924. The van der Waals surface area contributed by atoms with Crippen molar-refractivity contribution >= 4 is 75.3 Å². The molecule has 3 heteroatoms. The van der Waals surface area contributed by atoms with E-state index in [2.05, 4.69) is 144 Å². The second-order valence-electron chi connectivity index (χ2n) is 11.7. The molecule has 0 aliphatic rings. The maximum atomic E-state index is 6.30. The van der Waals surface area contributed by atoms with Gasteiger partial charge in [0.15, 0.2) is 0 Å². The van der Waals surface area contributed by atoms with E-state index in [4.69, 9.17) is 4.42 Å². The number of para-hydroxylation sites is 3. The highest BCUT2D eigenvalue weighted by atomic mass is 32.1. The molecule has 7 aromatic carbocycles. The molecule has 0 amide bonds. The first-order chi connectivity index (χ1) is 22.3. The third-order valence-corrected chi connectivity index (χ3v) is 10.4. The van der Waals surface area contributed by atoms with Crippen molar-refractivity contribution in [2.45, 2.75) is 0 Å². The van der Waals surface area contributed by atoms with Crippen LogP contribution < -0.4 is 0 Å². The summed E-state index contributed by atoms with van der Waals surface area (Å²) >= 11 is 1.88. The number of hydrogen-bond donors (Lipinski definition) is 0. The number of benzene rings is 7. The number of rotatable bonds is 3. The van der Waals surface area contributed by atoms with Gasteiger partial charge in [-0.1, -0.05) is 109 Å². The van der Waals surface area contributed by atoms with Crippen LogP contribution in [0.3, 0.4) is 0 Å². The van der Waals surface area contributed by atoms with Gasteiger partial charge in [0.05, 0.1) is 11.0 Å². The Kier molecular flexibility index (Phi) is 5.19. The number of fused-ring (bicyclic) bond motifs is 9. The molecule has 0 N–H and O–H groups in total. The maximum Gasteiger partial charge on any atom is 0.143 e. The van der Waals surface area contributed by atoms with Crippen LogP contribution in [0.4, 0.5) is 0 Å². The Hall–Kier alpha value is -5.64. The van der Waals surface area contributed by atoms with Gasteiger partial charge in [-0.25, -0.2) is 0 Å². The zero-order valence-corrected chi connectivity index (χ0v) is 25.0. The van der Waals surface area contributed by atoms with E-state index in [-0.39, 0.29) is 0 Å². The molecule has 0 aliphatic carbocycles. The number of furan rings is 1. The van der Waals surface area contributed by atoms with Crippen LogP contribution in [0.5, 0.6) is 0 Å². The van der Waals surface area contributed by atoms with Crippen LogP contribution in [0.25, 0.3) is 91.9 Å². The van der Waals surface area contributed by atoms with Crippen molar-refractivity contribution in [3.63, 3.8) is 0 Å². The fourth-order valence-electron chi connectivity index (χ4n) is 7.08. The van der Waals surface area contributed by atoms with Gasteiger partial charge in [-0.15, -0.1) is 11.3 Å². The second kappa shape index (κ2) is 9.43. The Morgan fingerprint density at radius 3 is 1.93 bits per heavy atom. The molecule has 0 saturated heterocycles. The Balaban J connectivity index is 1.06. The summed E-state index contributed by atoms with van der Waals surface area (Å²) in [4.78, 5) is 0. The molecule has 0 unspecified atom stereocenters. The molecule has 2 nitrogen and oxygen atoms in total. The molecule has 0 bridgehead atoms. The van der Waals surface area contributed by atoms with Crippen LogP contribution in [0.15, 0.2) is 156 Å². The summed E-state index contributed by atoms with van der Waals surface area (Å²) in [6.07, 6.45) is 0. The van der Waals surface area contributed by atoms with E-state index in [1.54, 1.807) is 0 Å². The van der Waals surface area contributed by atoms with Crippen molar-refractivity contribution in [2.75, 3.05) is 0 Å². The van der Waals surface area contributed by atoms with E-state index in [0.29, 0.717) is 0 Å². The molecule has 0 aliphatic heterocycles. The van der Waals surface area contributed by atoms with Crippen molar-refractivity contribution in [1.82, 2.24) is 4.57 Å². The van der Waals surface area contributed by atoms with E-state index in [1.807, 2.05) is 23.5 Å². The molecule has 210 valence electrons. The quantitative estimate of drug-likeness (QED) is 0.200. The number of thiophene rings is 1. The lowest BCUT2D eigenvalue weighted by Gasteiger charge is -2.10. The predicted molar refractivity (Wildman–Crippen MR) is 192 cm³/mol. The average Bonchev–Trinajstić information content (AvgIpc) is 3.77. The van der Waals surface area contributed by atoms with Crippen LogP contribution in [0.2, 0.25) is 0 Å². The summed E-state index contributed by atoms with van der Waals surface area (Å²) in [5.74, 6) is 0. The largest absolute Gasteiger partial charge is 0.455 e. The number of aromatic nitrogens is 1. The Labute approximate surface area is 263 Å². The molecule has 45 heavy (non-hydrogen) atoms. The lowest BCUT2D eigenvalue weighted by atomic mass is 9.98. The lowest BCUT2D eigenvalue weighted by molar-refractivity contribution is 0.670. The topological polar surface area (TPSA) is 18.1 Å². The van der Waals surface area contributed by atoms with E-state index in [0.717, 1.165) is 38.8 Å². The number of nitrogens with zero attached hydrogens (tertiary/aromatic N) is 1. The molecular formula is C42H25NOS. The third kappa shape index (κ3) is 3.68. The molecule has 3 aromatic heterocycles. The van der Waals surface area contributed by atoms with Crippen LogP contribution in [0.1, 0.15) is 0 Å². The van der Waals surface area contributed by atoms with Crippen molar-refractivity contribution in [2.24, 2.45) is 0 Å². The molecule has 0 saturated carbocycles. The molecule has 3 heterocycles. The predicted octanol–water partition coefficient (Wildman–Crippen LogP) is 12.4. The van der Waals surface area contributed by atoms with Crippen LogP contribution in [-0.2, 0) is 0 Å². The summed E-state index contributed by atoms with van der Waals surface area (Å²) < 4.78 is 11.4. The fourth-order valence-corrected chi connectivity index (χ4v) is 8.21. The Morgan fingerprint density at radius 2 is 1.09 bits per heavy atom. The summed E-state index contributed by atoms with van der Waals surface area (Å²) in [6.45, 7) is 0. The first-order valence-corrected chi connectivity index (χ1v) is 16.1. The lowest BCUT2D eigenvalue weighted by Crippen LogP contribution is -1.93. The smallest absolute Gasteiger partial charge is 0.143 e. The van der Waals surface area contributed by atoms with E-state index in [9.17, 15) is 0 Å². The Bertz CT molecular complexity index is 2740. The standard InChI is InChI=1S/C42H25NOS/c1-4-13-37-31(8-1)35-25-41-36(33-10-3-6-15-40(33)45-41)24-38(35)43(37)29-22-20-27(21-23-29)26-16-18-28(19-17-26)30-11-7-12-34-32-9-2-5-14-39(32)44-42(30)34/h1-25H. The van der Waals surface area contributed by atoms with Crippen LogP contribution >= 0.6 is 11.3 Å². The van der Waals surface area contributed by atoms with Crippen LogP contribution in [0, 0.1) is 0 Å². The van der Waals surface area contributed by atoms with Gasteiger partial charge in [0.25, 0.3) is 0 Å². The highest BCUT2D eigenvalue weighted by Gasteiger charge is 2.16. The van der Waals surface area contributed by atoms with Gasteiger partial charge in [0.1, 0.15) is 11.2 Å². The molecule has 0 fully saturated rings. The minimum Gasteiger partial charge on any atom is -0.455 e. The van der Waals surface area contributed by atoms with E-state index >= 15 is 0 Å². The van der Waals surface area contributed by atoms with Crippen LogP contribution in [-0.4, -0.2) is 4.57 Å². The fraction of sp³-hybridized carbons (Fsp3) is 0. The molecule has 0 atom stereocenters. The summed E-state index contributed by atoms with van der Waals surface area (Å²) in [7, 11) is 0. The summed E-state index contributed by atoms with van der Waals surface area (Å²) in [6, 6.07) is 54.7. The van der Waals surface area contributed by atoms with Gasteiger partial charge in [-0.2, -0.15) is 0 Å². The molecule has 10 rings (SSSR count). The number of hydrogen-bond acceptors (Lipinski definition) is 2. The van der Waals surface area contributed by atoms with Gasteiger partial charge in [-0.05, 0) is 59.2 Å². The van der Waals surface area contributed by atoms with E-state index < -0.39 is 0 Å². The zero-order chi connectivity index (χ0) is 29.5. The van der Waals surface area contributed by atoms with Gasteiger partial charge < -0.3 is 8.98 Å². The first-order valence-electron chi connectivity index (χ1n) is 15.3.